The van der Waals surface area contributed by atoms with Crippen molar-refractivity contribution < 1.29 is 8.94 Å². The first kappa shape index (κ1) is 12.3. The number of aromatic nitrogens is 4. The molecule has 0 spiro atoms. The highest BCUT2D eigenvalue weighted by molar-refractivity contribution is 5.44. The van der Waals surface area contributed by atoms with Crippen LogP contribution in [-0.2, 0) is 6.54 Å². The van der Waals surface area contributed by atoms with Gasteiger partial charge < -0.3 is 8.94 Å². The van der Waals surface area contributed by atoms with E-state index in [1.807, 2.05) is 16.9 Å². The SMILES string of the molecule is Cc1cnn(C2CN(Cc3nc(-c4ccco4)no3)C2)c1. The summed E-state index contributed by atoms with van der Waals surface area (Å²) in [5, 5.41) is 8.27. The predicted molar refractivity (Wildman–Crippen MR) is 73.3 cm³/mol. The molecule has 0 aliphatic carbocycles. The van der Waals surface area contributed by atoms with Gasteiger partial charge in [-0.1, -0.05) is 5.16 Å². The van der Waals surface area contributed by atoms with Gasteiger partial charge in [0.25, 0.3) is 0 Å². The molecule has 3 aromatic heterocycles. The van der Waals surface area contributed by atoms with Crippen LogP contribution in [0.2, 0.25) is 0 Å². The van der Waals surface area contributed by atoms with Gasteiger partial charge in [-0.2, -0.15) is 10.1 Å². The lowest BCUT2D eigenvalue weighted by molar-refractivity contribution is 0.0790. The van der Waals surface area contributed by atoms with Crippen molar-refractivity contribution in [3.8, 4) is 11.6 Å². The highest BCUT2D eigenvalue weighted by atomic mass is 16.5. The Morgan fingerprint density at radius 3 is 3.00 bits per heavy atom. The van der Waals surface area contributed by atoms with Gasteiger partial charge >= 0.3 is 0 Å². The summed E-state index contributed by atoms with van der Waals surface area (Å²) in [6, 6.07) is 4.05. The molecule has 1 fully saturated rings. The zero-order chi connectivity index (χ0) is 14.2. The molecule has 1 saturated heterocycles. The second-order valence-electron chi connectivity index (χ2n) is 5.33. The first-order chi connectivity index (χ1) is 10.3. The van der Waals surface area contributed by atoms with E-state index >= 15 is 0 Å². The molecule has 0 bridgehead atoms. The number of hydrogen-bond donors (Lipinski definition) is 0. The molecule has 0 radical (unpaired) electrons. The number of furan rings is 1. The third-order valence-electron chi connectivity index (χ3n) is 3.61. The van der Waals surface area contributed by atoms with Gasteiger partial charge in [0, 0.05) is 19.3 Å². The minimum absolute atomic E-state index is 0.436. The second-order valence-corrected chi connectivity index (χ2v) is 5.33. The van der Waals surface area contributed by atoms with Crippen LogP contribution < -0.4 is 0 Å². The maximum absolute atomic E-state index is 5.25. The van der Waals surface area contributed by atoms with Crippen LogP contribution >= 0.6 is 0 Å². The van der Waals surface area contributed by atoms with E-state index < -0.39 is 0 Å². The van der Waals surface area contributed by atoms with E-state index in [9.17, 15) is 0 Å². The van der Waals surface area contributed by atoms with Crippen molar-refractivity contribution in [2.75, 3.05) is 13.1 Å². The van der Waals surface area contributed by atoms with Gasteiger partial charge in [0.15, 0.2) is 5.76 Å². The van der Waals surface area contributed by atoms with Gasteiger partial charge in [-0.25, -0.2) is 0 Å². The molecule has 108 valence electrons. The Morgan fingerprint density at radius 1 is 1.38 bits per heavy atom. The fourth-order valence-electron chi connectivity index (χ4n) is 2.49. The normalized spacial score (nSPS) is 16.2. The molecule has 1 aliphatic heterocycles. The minimum atomic E-state index is 0.436. The number of likely N-dealkylation sites (tertiary alicyclic amines) is 1. The largest absolute Gasteiger partial charge is 0.461 e. The zero-order valence-electron chi connectivity index (χ0n) is 11.6. The van der Waals surface area contributed by atoms with Crippen molar-refractivity contribution in [2.24, 2.45) is 0 Å². The maximum Gasteiger partial charge on any atom is 0.241 e. The molecule has 0 unspecified atom stereocenters. The van der Waals surface area contributed by atoms with Gasteiger partial charge in [-0.3, -0.25) is 9.58 Å². The Kier molecular flexibility index (Phi) is 2.85. The van der Waals surface area contributed by atoms with E-state index in [1.165, 1.54) is 5.56 Å². The molecule has 0 amide bonds. The Balaban J connectivity index is 1.36. The van der Waals surface area contributed by atoms with E-state index in [0.29, 0.717) is 30.1 Å². The van der Waals surface area contributed by atoms with Crippen LogP contribution in [0.5, 0.6) is 0 Å². The molecule has 0 N–H and O–H groups in total. The van der Waals surface area contributed by atoms with Gasteiger partial charge in [0.05, 0.1) is 25.0 Å². The molecule has 0 saturated carbocycles. The van der Waals surface area contributed by atoms with Crippen LogP contribution in [-0.4, -0.2) is 37.9 Å². The van der Waals surface area contributed by atoms with Crippen molar-refractivity contribution in [1.29, 1.82) is 0 Å². The lowest BCUT2D eigenvalue weighted by atomic mass is 10.1. The summed E-state index contributed by atoms with van der Waals surface area (Å²) in [6.45, 7) is 4.60. The van der Waals surface area contributed by atoms with Gasteiger partial charge in [0.1, 0.15) is 0 Å². The van der Waals surface area contributed by atoms with Crippen LogP contribution in [0.15, 0.2) is 39.7 Å². The molecule has 4 heterocycles. The van der Waals surface area contributed by atoms with Crippen LogP contribution in [0.1, 0.15) is 17.5 Å². The summed E-state index contributed by atoms with van der Waals surface area (Å²) < 4.78 is 12.5. The average Bonchev–Trinajstić information content (AvgIpc) is 3.14. The standard InChI is InChI=1S/C14H15N5O2/c1-10-5-15-19(6-10)11-7-18(8-11)9-13-16-14(17-21-13)12-3-2-4-20-12/h2-6,11H,7-9H2,1H3. The molecule has 7 heteroatoms. The average molecular weight is 285 g/mol. The zero-order valence-corrected chi connectivity index (χ0v) is 11.6. The Labute approximate surface area is 121 Å². The van der Waals surface area contributed by atoms with E-state index in [0.717, 1.165) is 13.1 Å². The molecule has 0 aromatic carbocycles. The molecule has 3 aromatic rings. The van der Waals surface area contributed by atoms with Crippen LogP contribution in [0.3, 0.4) is 0 Å². The van der Waals surface area contributed by atoms with Gasteiger partial charge in [-0.15, -0.1) is 0 Å². The number of aryl methyl sites for hydroxylation is 1. The van der Waals surface area contributed by atoms with Gasteiger partial charge in [0.2, 0.25) is 11.7 Å². The van der Waals surface area contributed by atoms with Crippen LogP contribution in [0.4, 0.5) is 0 Å². The van der Waals surface area contributed by atoms with Crippen molar-refractivity contribution in [3.63, 3.8) is 0 Å². The molecular formula is C14H15N5O2. The number of rotatable bonds is 4. The summed E-state index contributed by atoms with van der Waals surface area (Å²) >= 11 is 0. The van der Waals surface area contributed by atoms with E-state index in [1.54, 1.807) is 12.3 Å². The first-order valence-corrected chi connectivity index (χ1v) is 6.87. The number of nitrogens with zero attached hydrogens (tertiary/aromatic N) is 5. The third-order valence-corrected chi connectivity index (χ3v) is 3.61. The van der Waals surface area contributed by atoms with Crippen molar-refractivity contribution in [3.05, 3.63) is 42.2 Å². The Morgan fingerprint density at radius 2 is 2.29 bits per heavy atom. The summed E-state index contributed by atoms with van der Waals surface area (Å²) in [7, 11) is 0. The maximum atomic E-state index is 5.25. The van der Waals surface area contributed by atoms with Crippen LogP contribution in [0.25, 0.3) is 11.6 Å². The fourth-order valence-corrected chi connectivity index (χ4v) is 2.49. The highest BCUT2D eigenvalue weighted by Crippen LogP contribution is 2.23. The molecule has 21 heavy (non-hydrogen) atoms. The Bertz CT molecular complexity index is 724. The molecule has 4 rings (SSSR count). The van der Waals surface area contributed by atoms with Crippen molar-refractivity contribution in [1.82, 2.24) is 24.8 Å². The minimum Gasteiger partial charge on any atom is -0.461 e. The van der Waals surface area contributed by atoms with Crippen molar-refractivity contribution in [2.45, 2.75) is 19.5 Å². The van der Waals surface area contributed by atoms with E-state index in [-0.39, 0.29) is 0 Å². The van der Waals surface area contributed by atoms with E-state index in [2.05, 4.69) is 33.3 Å². The van der Waals surface area contributed by atoms with Gasteiger partial charge in [-0.05, 0) is 24.6 Å². The highest BCUT2D eigenvalue weighted by Gasteiger charge is 2.30. The molecular weight excluding hydrogens is 270 g/mol. The fraction of sp³-hybridized carbons (Fsp3) is 0.357. The second kappa shape index (κ2) is 4.85. The Hall–Kier alpha value is -2.41. The quantitative estimate of drug-likeness (QED) is 0.729. The predicted octanol–water partition coefficient (Wildman–Crippen LogP) is 1.89. The first-order valence-electron chi connectivity index (χ1n) is 6.87. The number of hydrogen-bond acceptors (Lipinski definition) is 6. The lowest BCUT2D eigenvalue weighted by Gasteiger charge is -2.38. The van der Waals surface area contributed by atoms with Crippen LogP contribution in [0, 0.1) is 6.92 Å². The summed E-state index contributed by atoms with van der Waals surface area (Å²) in [5.41, 5.74) is 1.19. The molecule has 1 aliphatic rings. The summed E-state index contributed by atoms with van der Waals surface area (Å²) in [5.74, 6) is 1.73. The molecule has 0 atom stereocenters. The molecule has 7 nitrogen and oxygen atoms in total. The smallest absolute Gasteiger partial charge is 0.241 e. The lowest BCUT2D eigenvalue weighted by Crippen LogP contribution is -2.47. The summed E-state index contributed by atoms with van der Waals surface area (Å²) in [6.07, 6.45) is 5.55. The topological polar surface area (TPSA) is 73.1 Å². The monoisotopic (exact) mass is 285 g/mol. The van der Waals surface area contributed by atoms with E-state index in [4.69, 9.17) is 8.94 Å². The summed E-state index contributed by atoms with van der Waals surface area (Å²) in [4.78, 5) is 6.59. The third kappa shape index (κ3) is 2.36. The van der Waals surface area contributed by atoms with Crippen molar-refractivity contribution >= 4 is 0 Å².